The van der Waals surface area contributed by atoms with E-state index in [1.54, 1.807) is 24.3 Å². The summed E-state index contributed by atoms with van der Waals surface area (Å²) in [5.74, 6) is 0.328. The summed E-state index contributed by atoms with van der Waals surface area (Å²) in [4.78, 5) is 23.1. The Kier molecular flexibility index (Phi) is 6.03. The van der Waals surface area contributed by atoms with Gasteiger partial charge >= 0.3 is 6.03 Å². The summed E-state index contributed by atoms with van der Waals surface area (Å²) < 4.78 is 0. The van der Waals surface area contributed by atoms with Crippen molar-refractivity contribution in [3.8, 4) is 0 Å². The average molecular weight is 277 g/mol. The van der Waals surface area contributed by atoms with E-state index in [4.69, 9.17) is 0 Å². The number of carbonyl (C=O) groups is 2. The quantitative estimate of drug-likeness (QED) is 0.773. The molecule has 0 aliphatic rings. The summed E-state index contributed by atoms with van der Waals surface area (Å²) in [6, 6.07) is 6.89. The number of carbonyl (C=O) groups excluding carboxylic acids is 2. The Hall–Kier alpha value is -2.04. The molecule has 0 aliphatic carbocycles. The van der Waals surface area contributed by atoms with E-state index >= 15 is 0 Å². The van der Waals surface area contributed by atoms with Gasteiger partial charge in [-0.25, -0.2) is 4.79 Å². The molecule has 3 amide bonds. The van der Waals surface area contributed by atoms with Crippen LogP contribution in [-0.2, 0) is 4.79 Å². The van der Waals surface area contributed by atoms with Crippen LogP contribution in [0.25, 0.3) is 0 Å². The van der Waals surface area contributed by atoms with Crippen molar-refractivity contribution in [3.05, 3.63) is 24.3 Å². The van der Waals surface area contributed by atoms with Gasteiger partial charge in [0.15, 0.2) is 0 Å². The van der Waals surface area contributed by atoms with Crippen molar-refractivity contribution in [1.29, 1.82) is 0 Å². The summed E-state index contributed by atoms with van der Waals surface area (Å²) in [6.45, 7) is 7.79. The second-order valence-corrected chi connectivity index (χ2v) is 5.48. The number of hydrogen-bond donors (Lipinski definition) is 3. The van der Waals surface area contributed by atoms with E-state index in [1.165, 1.54) is 0 Å². The van der Waals surface area contributed by atoms with Gasteiger partial charge in [0.05, 0.1) is 0 Å². The van der Waals surface area contributed by atoms with Crippen LogP contribution in [0.15, 0.2) is 24.3 Å². The first-order valence-corrected chi connectivity index (χ1v) is 6.84. The maximum absolute atomic E-state index is 11.6. The molecule has 1 aromatic rings. The summed E-state index contributed by atoms with van der Waals surface area (Å²) >= 11 is 0. The maximum atomic E-state index is 11.6. The lowest BCUT2D eigenvalue weighted by Crippen LogP contribution is -2.34. The molecule has 0 bridgehead atoms. The fraction of sp³-hybridized carbons (Fsp3) is 0.467. The Morgan fingerprint density at radius 1 is 0.950 bits per heavy atom. The fourth-order valence-electron chi connectivity index (χ4n) is 1.65. The van der Waals surface area contributed by atoms with E-state index in [0.29, 0.717) is 18.0 Å². The summed E-state index contributed by atoms with van der Waals surface area (Å²) in [6.07, 6.45) is 0.497. The van der Waals surface area contributed by atoms with Gasteiger partial charge in [-0.1, -0.05) is 13.8 Å². The molecule has 3 N–H and O–H groups in total. The van der Waals surface area contributed by atoms with E-state index < -0.39 is 0 Å². The van der Waals surface area contributed by atoms with Crippen LogP contribution in [0.5, 0.6) is 0 Å². The van der Waals surface area contributed by atoms with Crippen LogP contribution in [0, 0.1) is 5.92 Å². The van der Waals surface area contributed by atoms with Crippen LogP contribution in [0.1, 0.15) is 34.1 Å². The third-order valence-electron chi connectivity index (χ3n) is 2.44. The second-order valence-electron chi connectivity index (χ2n) is 5.48. The average Bonchev–Trinajstić information content (AvgIpc) is 2.29. The summed E-state index contributed by atoms with van der Waals surface area (Å²) in [7, 11) is 0. The number of nitrogens with one attached hydrogen (secondary N) is 3. The Morgan fingerprint density at radius 2 is 1.45 bits per heavy atom. The van der Waals surface area contributed by atoms with Crippen molar-refractivity contribution < 1.29 is 9.59 Å². The first-order chi connectivity index (χ1) is 9.36. The summed E-state index contributed by atoms with van der Waals surface area (Å²) in [5.41, 5.74) is 1.41. The minimum Gasteiger partial charge on any atom is -0.336 e. The van der Waals surface area contributed by atoms with Crippen LogP contribution in [0.2, 0.25) is 0 Å². The van der Waals surface area contributed by atoms with Crippen LogP contribution >= 0.6 is 0 Å². The molecule has 1 aromatic carbocycles. The highest BCUT2D eigenvalue weighted by Gasteiger charge is 2.06. The molecule has 0 aromatic heterocycles. The van der Waals surface area contributed by atoms with Gasteiger partial charge in [-0.15, -0.1) is 0 Å². The van der Waals surface area contributed by atoms with E-state index in [2.05, 4.69) is 16.0 Å². The van der Waals surface area contributed by atoms with Gasteiger partial charge in [0.2, 0.25) is 5.91 Å². The number of anilines is 2. The van der Waals surface area contributed by atoms with Crippen molar-refractivity contribution in [2.24, 2.45) is 5.92 Å². The second kappa shape index (κ2) is 7.53. The molecule has 0 saturated heterocycles. The van der Waals surface area contributed by atoms with Crippen LogP contribution in [-0.4, -0.2) is 18.0 Å². The van der Waals surface area contributed by atoms with E-state index in [0.717, 1.165) is 5.69 Å². The Balaban J connectivity index is 2.52. The number of amides is 3. The van der Waals surface area contributed by atoms with Gasteiger partial charge in [0.25, 0.3) is 0 Å². The van der Waals surface area contributed by atoms with Crippen LogP contribution in [0.4, 0.5) is 16.2 Å². The van der Waals surface area contributed by atoms with Crippen molar-refractivity contribution in [3.63, 3.8) is 0 Å². The first kappa shape index (κ1) is 16.0. The van der Waals surface area contributed by atoms with Crippen LogP contribution < -0.4 is 16.0 Å². The normalized spacial score (nSPS) is 10.5. The van der Waals surface area contributed by atoms with Gasteiger partial charge in [0.1, 0.15) is 0 Å². The fourth-order valence-corrected chi connectivity index (χ4v) is 1.65. The van der Waals surface area contributed by atoms with Crippen molar-refractivity contribution in [2.45, 2.75) is 40.2 Å². The molecular weight excluding hydrogens is 254 g/mol. The van der Waals surface area contributed by atoms with Gasteiger partial charge < -0.3 is 16.0 Å². The standard InChI is InChI=1S/C15H23N3O2/c1-10(2)9-14(19)17-12-5-7-13(8-6-12)18-15(20)16-11(3)4/h5-8,10-11H,9H2,1-4H3,(H,17,19)(H2,16,18,20). The van der Waals surface area contributed by atoms with Gasteiger partial charge in [-0.3, -0.25) is 4.79 Å². The molecule has 5 nitrogen and oxygen atoms in total. The molecule has 0 spiro atoms. The topological polar surface area (TPSA) is 70.2 Å². The number of urea groups is 1. The molecule has 0 aliphatic heterocycles. The molecule has 5 heteroatoms. The van der Waals surface area contributed by atoms with Crippen molar-refractivity contribution >= 4 is 23.3 Å². The lowest BCUT2D eigenvalue weighted by atomic mass is 10.1. The van der Waals surface area contributed by atoms with Gasteiger partial charge in [0, 0.05) is 23.8 Å². The van der Waals surface area contributed by atoms with E-state index in [9.17, 15) is 9.59 Å². The third kappa shape index (κ3) is 6.22. The third-order valence-corrected chi connectivity index (χ3v) is 2.44. The molecule has 20 heavy (non-hydrogen) atoms. The highest BCUT2D eigenvalue weighted by molar-refractivity contribution is 5.92. The summed E-state index contributed by atoms with van der Waals surface area (Å²) in [5, 5.41) is 8.28. The number of benzene rings is 1. The predicted octanol–water partition coefficient (Wildman–Crippen LogP) is 3.20. The minimum atomic E-state index is -0.239. The zero-order valence-corrected chi connectivity index (χ0v) is 12.5. The molecule has 1 rings (SSSR count). The molecule has 0 atom stereocenters. The monoisotopic (exact) mass is 277 g/mol. The highest BCUT2D eigenvalue weighted by Crippen LogP contribution is 2.14. The van der Waals surface area contributed by atoms with E-state index in [-0.39, 0.29) is 18.0 Å². The Labute approximate surface area is 120 Å². The van der Waals surface area contributed by atoms with Crippen LogP contribution in [0.3, 0.4) is 0 Å². The minimum absolute atomic E-state index is 0.00161. The zero-order valence-electron chi connectivity index (χ0n) is 12.5. The maximum Gasteiger partial charge on any atom is 0.319 e. The molecule has 110 valence electrons. The van der Waals surface area contributed by atoms with Gasteiger partial charge in [-0.2, -0.15) is 0 Å². The molecule has 0 unspecified atom stereocenters. The van der Waals surface area contributed by atoms with Crippen molar-refractivity contribution in [1.82, 2.24) is 5.32 Å². The largest absolute Gasteiger partial charge is 0.336 e. The molecule has 0 radical (unpaired) electrons. The SMILES string of the molecule is CC(C)CC(=O)Nc1ccc(NC(=O)NC(C)C)cc1. The molecule has 0 heterocycles. The Bertz CT molecular complexity index is 410. The number of hydrogen-bond acceptors (Lipinski definition) is 2. The van der Waals surface area contributed by atoms with Gasteiger partial charge in [-0.05, 0) is 44.0 Å². The highest BCUT2D eigenvalue weighted by atomic mass is 16.2. The molecule has 0 saturated carbocycles. The lowest BCUT2D eigenvalue weighted by Gasteiger charge is -2.11. The lowest BCUT2D eigenvalue weighted by molar-refractivity contribution is -0.116. The molecule has 0 fully saturated rings. The predicted molar refractivity (Wildman–Crippen MR) is 81.8 cm³/mol. The zero-order chi connectivity index (χ0) is 15.1. The first-order valence-electron chi connectivity index (χ1n) is 6.84. The smallest absolute Gasteiger partial charge is 0.319 e. The van der Waals surface area contributed by atoms with Crippen molar-refractivity contribution in [2.75, 3.05) is 10.6 Å². The number of rotatable bonds is 5. The Morgan fingerprint density at radius 3 is 1.90 bits per heavy atom. The molecular formula is C15H23N3O2. The van der Waals surface area contributed by atoms with E-state index in [1.807, 2.05) is 27.7 Å².